The molecule has 25 heavy (non-hydrogen) atoms. The minimum Gasteiger partial charge on any atom is -0.336 e. The van der Waals surface area contributed by atoms with E-state index in [1.807, 2.05) is 24.8 Å². The average molecular weight is 340 g/mol. The van der Waals surface area contributed by atoms with E-state index in [4.69, 9.17) is 0 Å². The lowest BCUT2D eigenvalue weighted by Crippen LogP contribution is -2.51. The molecule has 0 amide bonds. The summed E-state index contributed by atoms with van der Waals surface area (Å²) in [5.74, 6) is 2.09. The maximum atomic E-state index is 4.62. The lowest BCUT2D eigenvalue weighted by Gasteiger charge is -2.40. The summed E-state index contributed by atoms with van der Waals surface area (Å²) in [7, 11) is 4.14. The van der Waals surface area contributed by atoms with Gasteiger partial charge in [-0.15, -0.1) is 0 Å². The van der Waals surface area contributed by atoms with Crippen LogP contribution in [-0.2, 0) is 14.1 Å². The fraction of sp³-hybridized carbons (Fsp3) is 0.684. The normalized spacial score (nSPS) is 29.6. The third kappa shape index (κ3) is 2.72. The molecule has 0 aromatic carbocycles. The van der Waals surface area contributed by atoms with Crippen molar-refractivity contribution in [2.24, 2.45) is 14.1 Å². The number of fused-ring (bicyclic) bond motifs is 2. The molecule has 6 nitrogen and oxygen atoms in total. The SMILES string of the molecule is Cn1ccnc1C(NC1CC2CCC(C1)N2C1CC1)c1nccn1C. The second-order valence-electron chi connectivity index (χ2n) is 8.12. The van der Waals surface area contributed by atoms with E-state index >= 15 is 0 Å². The van der Waals surface area contributed by atoms with Crippen molar-refractivity contribution in [3.8, 4) is 0 Å². The Hall–Kier alpha value is -1.66. The van der Waals surface area contributed by atoms with E-state index in [1.165, 1.54) is 38.5 Å². The van der Waals surface area contributed by atoms with Gasteiger partial charge in [0.15, 0.2) is 0 Å². The monoisotopic (exact) mass is 340 g/mol. The van der Waals surface area contributed by atoms with Crippen molar-refractivity contribution in [1.82, 2.24) is 29.3 Å². The van der Waals surface area contributed by atoms with Gasteiger partial charge < -0.3 is 9.13 Å². The highest BCUT2D eigenvalue weighted by Crippen LogP contribution is 2.43. The van der Waals surface area contributed by atoms with E-state index in [0.717, 1.165) is 29.8 Å². The molecule has 1 N–H and O–H groups in total. The predicted molar refractivity (Wildman–Crippen MR) is 96.1 cm³/mol. The molecule has 0 spiro atoms. The molecule has 4 heterocycles. The predicted octanol–water partition coefficient (Wildman–Crippen LogP) is 1.99. The van der Waals surface area contributed by atoms with Crippen LogP contribution in [0.4, 0.5) is 0 Å². The Labute approximate surface area is 149 Å². The molecule has 1 aliphatic carbocycles. The Morgan fingerprint density at radius 1 is 0.880 bits per heavy atom. The van der Waals surface area contributed by atoms with Crippen LogP contribution in [0.1, 0.15) is 56.2 Å². The summed E-state index contributed by atoms with van der Waals surface area (Å²) >= 11 is 0. The number of rotatable bonds is 5. The molecular weight excluding hydrogens is 312 g/mol. The van der Waals surface area contributed by atoms with Crippen LogP contribution in [0.2, 0.25) is 0 Å². The molecule has 2 atom stereocenters. The fourth-order valence-electron chi connectivity index (χ4n) is 5.13. The standard InChI is InChI=1S/C19H28N6/c1-23-9-7-20-18(23)17(19-21-8-10-24(19)2)22-13-11-15-5-6-16(12-13)25(15)14-3-4-14/h7-10,13-17,22H,3-6,11-12H2,1-2H3. The third-order valence-electron chi connectivity index (χ3n) is 6.39. The Kier molecular flexibility index (Phi) is 3.71. The molecule has 0 radical (unpaired) electrons. The number of hydrogen-bond acceptors (Lipinski definition) is 4. The zero-order valence-electron chi connectivity index (χ0n) is 15.2. The van der Waals surface area contributed by atoms with Gasteiger partial charge >= 0.3 is 0 Å². The van der Waals surface area contributed by atoms with Crippen molar-refractivity contribution in [1.29, 1.82) is 0 Å². The largest absolute Gasteiger partial charge is 0.336 e. The van der Waals surface area contributed by atoms with E-state index < -0.39 is 0 Å². The van der Waals surface area contributed by atoms with Crippen LogP contribution in [0.15, 0.2) is 24.8 Å². The maximum Gasteiger partial charge on any atom is 0.133 e. The minimum absolute atomic E-state index is 0.0527. The lowest BCUT2D eigenvalue weighted by atomic mass is 9.96. The molecule has 3 aliphatic rings. The molecule has 2 unspecified atom stereocenters. The van der Waals surface area contributed by atoms with E-state index in [2.05, 4.69) is 43.4 Å². The molecular formula is C19H28N6. The van der Waals surface area contributed by atoms with E-state index in [9.17, 15) is 0 Å². The summed E-state index contributed by atoms with van der Waals surface area (Å²) in [5, 5.41) is 3.93. The van der Waals surface area contributed by atoms with Gasteiger partial charge in [0.1, 0.15) is 17.7 Å². The van der Waals surface area contributed by atoms with E-state index in [1.54, 1.807) is 0 Å². The molecule has 2 saturated heterocycles. The molecule has 134 valence electrons. The summed E-state index contributed by atoms with van der Waals surface area (Å²) in [6.45, 7) is 0. The van der Waals surface area contributed by atoms with Gasteiger partial charge in [-0.3, -0.25) is 10.2 Å². The number of aryl methyl sites for hydroxylation is 2. The van der Waals surface area contributed by atoms with Gasteiger partial charge in [-0.05, 0) is 38.5 Å². The Bertz CT molecular complexity index is 690. The van der Waals surface area contributed by atoms with Crippen LogP contribution in [0.3, 0.4) is 0 Å². The second kappa shape index (κ2) is 5.95. The van der Waals surface area contributed by atoms with Gasteiger partial charge in [-0.2, -0.15) is 0 Å². The number of imidazole rings is 2. The van der Waals surface area contributed by atoms with Crippen LogP contribution in [0, 0.1) is 0 Å². The smallest absolute Gasteiger partial charge is 0.133 e. The number of nitrogens with zero attached hydrogens (tertiary/aromatic N) is 5. The second-order valence-corrected chi connectivity index (χ2v) is 8.12. The zero-order valence-corrected chi connectivity index (χ0v) is 15.2. The number of hydrogen-bond donors (Lipinski definition) is 1. The van der Waals surface area contributed by atoms with Crippen molar-refractivity contribution in [2.45, 2.75) is 68.7 Å². The third-order valence-corrected chi connectivity index (χ3v) is 6.39. The minimum atomic E-state index is 0.0527. The summed E-state index contributed by atoms with van der Waals surface area (Å²) in [5.41, 5.74) is 0. The highest BCUT2D eigenvalue weighted by Gasteiger charge is 2.47. The quantitative estimate of drug-likeness (QED) is 0.904. The zero-order chi connectivity index (χ0) is 17.0. The van der Waals surface area contributed by atoms with Gasteiger partial charge in [0.2, 0.25) is 0 Å². The van der Waals surface area contributed by atoms with Crippen LogP contribution < -0.4 is 5.32 Å². The van der Waals surface area contributed by atoms with Crippen molar-refractivity contribution < 1.29 is 0 Å². The molecule has 3 fully saturated rings. The van der Waals surface area contributed by atoms with Gasteiger partial charge in [0.05, 0.1) is 0 Å². The van der Waals surface area contributed by atoms with Gasteiger partial charge in [-0.1, -0.05) is 0 Å². The molecule has 5 rings (SSSR count). The summed E-state index contributed by atoms with van der Waals surface area (Å²) < 4.78 is 4.22. The van der Waals surface area contributed by atoms with E-state index in [0.29, 0.717) is 6.04 Å². The highest BCUT2D eigenvalue weighted by atomic mass is 15.3. The average Bonchev–Trinajstić information content (AvgIpc) is 3.12. The number of piperidine rings is 1. The van der Waals surface area contributed by atoms with Crippen LogP contribution in [-0.4, -0.2) is 48.2 Å². The maximum absolute atomic E-state index is 4.62. The molecule has 6 heteroatoms. The fourth-order valence-corrected chi connectivity index (χ4v) is 5.13. The Morgan fingerprint density at radius 3 is 1.84 bits per heavy atom. The first-order valence-corrected chi connectivity index (χ1v) is 9.68. The molecule has 2 bridgehead atoms. The van der Waals surface area contributed by atoms with Crippen LogP contribution in [0.5, 0.6) is 0 Å². The Morgan fingerprint density at radius 2 is 1.40 bits per heavy atom. The molecule has 1 saturated carbocycles. The topological polar surface area (TPSA) is 50.9 Å². The van der Waals surface area contributed by atoms with Crippen molar-refractivity contribution >= 4 is 0 Å². The number of nitrogens with one attached hydrogen (secondary N) is 1. The first kappa shape index (κ1) is 15.6. The molecule has 2 aromatic rings. The first-order chi connectivity index (χ1) is 12.2. The van der Waals surface area contributed by atoms with Crippen molar-refractivity contribution in [2.75, 3.05) is 0 Å². The highest BCUT2D eigenvalue weighted by molar-refractivity contribution is 5.14. The number of aromatic nitrogens is 4. The molecule has 2 aromatic heterocycles. The van der Waals surface area contributed by atoms with Gasteiger partial charge in [-0.25, -0.2) is 9.97 Å². The summed E-state index contributed by atoms with van der Waals surface area (Å²) in [6.07, 6.45) is 15.9. The lowest BCUT2D eigenvalue weighted by molar-refractivity contribution is 0.105. The summed E-state index contributed by atoms with van der Waals surface area (Å²) in [4.78, 5) is 12.1. The van der Waals surface area contributed by atoms with Gasteiger partial charge in [0.25, 0.3) is 0 Å². The van der Waals surface area contributed by atoms with Crippen LogP contribution in [0.25, 0.3) is 0 Å². The Balaban J connectivity index is 1.38. The van der Waals surface area contributed by atoms with Gasteiger partial charge in [0, 0.05) is 63.1 Å². The van der Waals surface area contributed by atoms with Crippen LogP contribution >= 0.6 is 0 Å². The molecule has 2 aliphatic heterocycles. The summed E-state index contributed by atoms with van der Waals surface area (Å²) in [6, 6.07) is 3.07. The van der Waals surface area contributed by atoms with E-state index in [-0.39, 0.29) is 6.04 Å². The van der Waals surface area contributed by atoms with Crippen molar-refractivity contribution in [3.63, 3.8) is 0 Å². The first-order valence-electron chi connectivity index (χ1n) is 9.68. The van der Waals surface area contributed by atoms with Crippen molar-refractivity contribution in [3.05, 3.63) is 36.4 Å².